The Kier molecular flexibility index (Phi) is 2.47. The van der Waals surface area contributed by atoms with E-state index in [2.05, 4.69) is 6.07 Å². The minimum atomic E-state index is 0.0980. The van der Waals surface area contributed by atoms with Crippen LogP contribution in [0.2, 0.25) is 0 Å². The summed E-state index contributed by atoms with van der Waals surface area (Å²) in [6.07, 6.45) is 0.153. The van der Waals surface area contributed by atoms with Gasteiger partial charge >= 0.3 is 0 Å². The van der Waals surface area contributed by atoms with Crippen molar-refractivity contribution in [2.24, 2.45) is 5.73 Å². The minimum Gasteiger partial charge on any atom is -0.487 e. The second kappa shape index (κ2) is 3.60. The third-order valence-corrected chi connectivity index (χ3v) is 3.26. The Morgan fingerprint density at radius 3 is 3.08 bits per heavy atom. The summed E-state index contributed by atoms with van der Waals surface area (Å²) in [5.41, 5.74) is 5.79. The van der Waals surface area contributed by atoms with E-state index >= 15 is 0 Å². The third kappa shape index (κ3) is 1.81. The van der Waals surface area contributed by atoms with Crippen molar-refractivity contribution in [3.63, 3.8) is 0 Å². The number of rotatable bonds is 1. The van der Waals surface area contributed by atoms with Crippen LogP contribution in [0.15, 0.2) is 29.2 Å². The van der Waals surface area contributed by atoms with Crippen molar-refractivity contribution in [3.05, 3.63) is 24.3 Å². The molecule has 1 heterocycles. The van der Waals surface area contributed by atoms with Gasteiger partial charge in [-0.25, -0.2) is 0 Å². The first kappa shape index (κ1) is 8.91. The van der Waals surface area contributed by atoms with Gasteiger partial charge in [0.05, 0.1) is 0 Å². The number of benzene rings is 1. The maximum Gasteiger partial charge on any atom is 0.133 e. The predicted molar refractivity (Wildman–Crippen MR) is 55.2 cm³/mol. The van der Waals surface area contributed by atoms with E-state index in [1.807, 2.05) is 36.9 Å². The van der Waals surface area contributed by atoms with Gasteiger partial charge in [0.25, 0.3) is 0 Å². The molecule has 70 valence electrons. The quantitative estimate of drug-likeness (QED) is 0.743. The molecule has 0 spiro atoms. The average Bonchev–Trinajstić information content (AvgIpc) is 2.17. The zero-order valence-corrected chi connectivity index (χ0v) is 8.38. The Morgan fingerprint density at radius 1 is 1.54 bits per heavy atom. The number of hydrogen-bond acceptors (Lipinski definition) is 3. The van der Waals surface area contributed by atoms with E-state index in [-0.39, 0.29) is 12.1 Å². The van der Waals surface area contributed by atoms with Gasteiger partial charge in [-0.15, -0.1) is 11.8 Å². The van der Waals surface area contributed by atoms with Gasteiger partial charge in [-0.1, -0.05) is 12.1 Å². The highest BCUT2D eigenvalue weighted by atomic mass is 32.2. The first-order chi connectivity index (χ1) is 6.27. The van der Waals surface area contributed by atoms with Crippen LogP contribution in [0.5, 0.6) is 5.75 Å². The Labute approximate surface area is 82.5 Å². The lowest BCUT2D eigenvalue weighted by Gasteiger charge is -2.27. The van der Waals surface area contributed by atoms with Gasteiger partial charge in [0.2, 0.25) is 0 Å². The van der Waals surface area contributed by atoms with Gasteiger partial charge in [0.15, 0.2) is 0 Å². The van der Waals surface area contributed by atoms with E-state index in [4.69, 9.17) is 10.5 Å². The first-order valence-corrected chi connectivity index (χ1v) is 5.40. The normalized spacial score (nSPS) is 23.1. The van der Waals surface area contributed by atoms with Crippen LogP contribution in [0.3, 0.4) is 0 Å². The topological polar surface area (TPSA) is 35.2 Å². The zero-order valence-electron chi connectivity index (χ0n) is 7.57. The molecule has 0 aliphatic carbocycles. The Hall–Kier alpha value is -0.670. The molecule has 2 nitrogen and oxygen atoms in total. The van der Waals surface area contributed by atoms with Crippen molar-refractivity contribution >= 4 is 11.8 Å². The fourth-order valence-corrected chi connectivity index (χ4v) is 2.44. The summed E-state index contributed by atoms with van der Waals surface area (Å²) in [5.74, 6) is 1.93. The molecule has 0 radical (unpaired) electrons. The number of thioether (sulfide) groups is 1. The number of nitrogens with two attached hydrogens (primary N) is 1. The molecule has 13 heavy (non-hydrogen) atoms. The van der Waals surface area contributed by atoms with Gasteiger partial charge in [0.1, 0.15) is 11.9 Å². The summed E-state index contributed by atoms with van der Waals surface area (Å²) in [6.45, 7) is 1.99. The summed E-state index contributed by atoms with van der Waals surface area (Å²) < 4.78 is 5.75. The van der Waals surface area contributed by atoms with Crippen molar-refractivity contribution in [1.29, 1.82) is 0 Å². The minimum absolute atomic E-state index is 0.0980. The summed E-state index contributed by atoms with van der Waals surface area (Å²) in [6, 6.07) is 8.19. The van der Waals surface area contributed by atoms with Crippen molar-refractivity contribution in [2.75, 3.05) is 5.75 Å². The standard InChI is InChI=1S/C10H13NOS/c1-7(11)9-6-13-10-5-3-2-4-8(10)12-9/h2-5,7,9H,6,11H2,1H3. The molecule has 0 bridgehead atoms. The molecule has 1 aromatic carbocycles. The van der Waals surface area contributed by atoms with Crippen molar-refractivity contribution < 1.29 is 4.74 Å². The van der Waals surface area contributed by atoms with Crippen LogP contribution in [0, 0.1) is 0 Å². The molecular formula is C10H13NOS. The molecule has 2 atom stereocenters. The smallest absolute Gasteiger partial charge is 0.133 e. The van der Waals surface area contributed by atoms with Gasteiger partial charge in [-0.2, -0.15) is 0 Å². The highest BCUT2D eigenvalue weighted by molar-refractivity contribution is 7.99. The van der Waals surface area contributed by atoms with E-state index in [0.717, 1.165) is 11.5 Å². The fourth-order valence-electron chi connectivity index (χ4n) is 1.29. The lowest BCUT2D eigenvalue weighted by atomic mass is 10.2. The van der Waals surface area contributed by atoms with Crippen LogP contribution >= 0.6 is 11.8 Å². The van der Waals surface area contributed by atoms with E-state index in [1.165, 1.54) is 4.90 Å². The molecule has 1 aliphatic rings. The molecule has 2 N–H and O–H groups in total. The molecule has 1 aliphatic heterocycles. The summed E-state index contributed by atoms with van der Waals surface area (Å²) in [5, 5.41) is 0. The highest BCUT2D eigenvalue weighted by Gasteiger charge is 2.22. The fraction of sp³-hybridized carbons (Fsp3) is 0.400. The number of fused-ring (bicyclic) bond motifs is 1. The zero-order chi connectivity index (χ0) is 9.26. The molecule has 0 amide bonds. The van der Waals surface area contributed by atoms with Gasteiger partial charge in [-0.3, -0.25) is 0 Å². The monoisotopic (exact) mass is 195 g/mol. The second-order valence-electron chi connectivity index (χ2n) is 3.27. The predicted octanol–water partition coefficient (Wildman–Crippen LogP) is 1.89. The number of para-hydroxylation sites is 1. The Bertz CT molecular complexity index is 301. The Balaban J connectivity index is 2.20. The first-order valence-electron chi connectivity index (χ1n) is 4.41. The molecule has 1 aromatic rings. The van der Waals surface area contributed by atoms with E-state index in [9.17, 15) is 0 Å². The van der Waals surface area contributed by atoms with Crippen LogP contribution in [0.1, 0.15) is 6.92 Å². The number of hydrogen-bond donors (Lipinski definition) is 1. The largest absolute Gasteiger partial charge is 0.487 e. The van der Waals surface area contributed by atoms with Crippen molar-refractivity contribution in [1.82, 2.24) is 0 Å². The van der Waals surface area contributed by atoms with Crippen molar-refractivity contribution in [2.45, 2.75) is 24.0 Å². The lowest BCUT2D eigenvalue weighted by molar-refractivity contribution is 0.191. The Morgan fingerprint density at radius 2 is 2.31 bits per heavy atom. The van der Waals surface area contributed by atoms with Gasteiger partial charge in [0, 0.05) is 16.7 Å². The lowest BCUT2D eigenvalue weighted by Crippen LogP contribution is -2.39. The molecule has 2 unspecified atom stereocenters. The van der Waals surface area contributed by atoms with Gasteiger partial charge < -0.3 is 10.5 Å². The number of ether oxygens (including phenoxy) is 1. The molecule has 0 saturated carbocycles. The van der Waals surface area contributed by atoms with Crippen LogP contribution in [0.25, 0.3) is 0 Å². The molecule has 3 heteroatoms. The SMILES string of the molecule is CC(N)C1CSc2ccccc2O1. The van der Waals surface area contributed by atoms with Crippen LogP contribution in [-0.2, 0) is 0 Å². The van der Waals surface area contributed by atoms with Crippen LogP contribution in [0.4, 0.5) is 0 Å². The van der Waals surface area contributed by atoms with Crippen LogP contribution in [-0.4, -0.2) is 17.9 Å². The summed E-state index contributed by atoms with van der Waals surface area (Å²) in [4.78, 5) is 1.22. The molecule has 0 aromatic heterocycles. The average molecular weight is 195 g/mol. The van der Waals surface area contributed by atoms with Crippen molar-refractivity contribution in [3.8, 4) is 5.75 Å². The molecule has 0 fully saturated rings. The highest BCUT2D eigenvalue weighted by Crippen LogP contribution is 2.35. The molecular weight excluding hydrogens is 182 g/mol. The summed E-state index contributed by atoms with van der Waals surface area (Å²) >= 11 is 1.82. The van der Waals surface area contributed by atoms with E-state index < -0.39 is 0 Å². The third-order valence-electron chi connectivity index (χ3n) is 2.12. The molecule has 0 saturated heterocycles. The summed E-state index contributed by atoms with van der Waals surface area (Å²) in [7, 11) is 0. The van der Waals surface area contributed by atoms with Gasteiger partial charge in [-0.05, 0) is 19.1 Å². The second-order valence-corrected chi connectivity index (χ2v) is 4.33. The van der Waals surface area contributed by atoms with E-state index in [0.29, 0.717) is 0 Å². The van der Waals surface area contributed by atoms with E-state index in [1.54, 1.807) is 0 Å². The maximum absolute atomic E-state index is 5.79. The van der Waals surface area contributed by atoms with Crippen LogP contribution < -0.4 is 10.5 Å². The maximum atomic E-state index is 5.79. The molecule has 2 rings (SSSR count).